The molecule has 7 heteroatoms. The van der Waals surface area contributed by atoms with Crippen LogP contribution in [0.4, 0.5) is 0 Å². The van der Waals surface area contributed by atoms with E-state index in [1.165, 1.54) is 17.3 Å². The molecule has 3 aromatic rings. The van der Waals surface area contributed by atoms with Crippen molar-refractivity contribution < 1.29 is 9.53 Å². The molecule has 1 N–H and O–H groups in total. The van der Waals surface area contributed by atoms with E-state index in [1.54, 1.807) is 0 Å². The van der Waals surface area contributed by atoms with Crippen molar-refractivity contribution in [2.75, 3.05) is 5.75 Å². The van der Waals surface area contributed by atoms with Crippen molar-refractivity contribution in [3.8, 4) is 5.75 Å². The number of hydrogen-bond acceptors (Lipinski definition) is 5. The maximum atomic E-state index is 12.3. The molecule has 1 heterocycles. The third-order valence-corrected chi connectivity index (χ3v) is 5.87. The molecule has 0 aliphatic carbocycles. The van der Waals surface area contributed by atoms with E-state index in [4.69, 9.17) is 4.74 Å². The molecular formula is C22H26N4O2S. The predicted molar refractivity (Wildman–Crippen MR) is 115 cm³/mol. The highest BCUT2D eigenvalue weighted by molar-refractivity contribution is 7.99. The molecule has 3 rings (SSSR count). The summed E-state index contributed by atoms with van der Waals surface area (Å²) in [5, 5.41) is 12.1. The summed E-state index contributed by atoms with van der Waals surface area (Å²) in [4.78, 5) is 12.3. The van der Waals surface area contributed by atoms with Gasteiger partial charge < -0.3 is 14.6 Å². The van der Waals surface area contributed by atoms with Crippen LogP contribution in [0.2, 0.25) is 0 Å². The van der Waals surface area contributed by atoms with Crippen molar-refractivity contribution in [1.29, 1.82) is 0 Å². The summed E-state index contributed by atoms with van der Waals surface area (Å²) in [6.07, 6.45) is 0. The zero-order valence-electron chi connectivity index (χ0n) is 17.2. The monoisotopic (exact) mass is 410 g/mol. The number of rotatable bonds is 8. The molecule has 29 heavy (non-hydrogen) atoms. The van der Waals surface area contributed by atoms with Crippen LogP contribution in [-0.2, 0) is 18.4 Å². The standard InChI is InChI=1S/C22H26N4O2S/c1-15-9-8-12-19(16(15)2)28-13-20-24-25-22(26(20)4)29-14-21(27)23-17(3)18-10-6-5-7-11-18/h5-12,17H,13-14H2,1-4H3,(H,23,27). The minimum Gasteiger partial charge on any atom is -0.485 e. The van der Waals surface area contributed by atoms with Crippen LogP contribution in [0, 0.1) is 13.8 Å². The van der Waals surface area contributed by atoms with Crippen molar-refractivity contribution >= 4 is 17.7 Å². The van der Waals surface area contributed by atoms with Crippen LogP contribution in [0.3, 0.4) is 0 Å². The average molecular weight is 411 g/mol. The zero-order valence-corrected chi connectivity index (χ0v) is 18.0. The molecule has 6 nitrogen and oxygen atoms in total. The first-order valence-electron chi connectivity index (χ1n) is 9.50. The van der Waals surface area contributed by atoms with Crippen LogP contribution < -0.4 is 10.1 Å². The molecule has 0 bridgehead atoms. The number of amides is 1. The second-order valence-corrected chi connectivity index (χ2v) is 7.88. The van der Waals surface area contributed by atoms with Gasteiger partial charge >= 0.3 is 0 Å². The maximum absolute atomic E-state index is 12.3. The van der Waals surface area contributed by atoms with Gasteiger partial charge in [0.15, 0.2) is 11.0 Å². The molecule has 1 aromatic heterocycles. The maximum Gasteiger partial charge on any atom is 0.230 e. The van der Waals surface area contributed by atoms with Gasteiger partial charge in [-0.15, -0.1) is 10.2 Å². The normalized spacial score (nSPS) is 11.9. The van der Waals surface area contributed by atoms with Crippen LogP contribution in [0.15, 0.2) is 53.7 Å². The Morgan fingerprint density at radius 1 is 1.14 bits per heavy atom. The number of carbonyl (C=O) groups is 1. The molecule has 152 valence electrons. The van der Waals surface area contributed by atoms with Gasteiger partial charge in [0.1, 0.15) is 12.4 Å². The van der Waals surface area contributed by atoms with E-state index >= 15 is 0 Å². The third kappa shape index (κ3) is 5.38. The summed E-state index contributed by atoms with van der Waals surface area (Å²) in [6.45, 7) is 6.40. The smallest absolute Gasteiger partial charge is 0.230 e. The molecule has 0 saturated carbocycles. The SMILES string of the molecule is Cc1cccc(OCc2nnc(SCC(=O)NC(C)c3ccccc3)n2C)c1C. The van der Waals surface area contributed by atoms with E-state index in [-0.39, 0.29) is 17.7 Å². The van der Waals surface area contributed by atoms with Crippen molar-refractivity contribution in [3.63, 3.8) is 0 Å². The van der Waals surface area contributed by atoms with Gasteiger partial charge in [-0.2, -0.15) is 0 Å². The fraction of sp³-hybridized carbons (Fsp3) is 0.318. The lowest BCUT2D eigenvalue weighted by atomic mass is 10.1. The van der Waals surface area contributed by atoms with Crippen molar-refractivity contribution in [1.82, 2.24) is 20.1 Å². The molecule has 0 aliphatic heterocycles. The quantitative estimate of drug-likeness (QED) is 0.569. The Labute approximate surface area is 175 Å². The highest BCUT2D eigenvalue weighted by atomic mass is 32.2. The highest BCUT2D eigenvalue weighted by Gasteiger charge is 2.14. The Morgan fingerprint density at radius 3 is 2.66 bits per heavy atom. The number of hydrogen-bond donors (Lipinski definition) is 1. The topological polar surface area (TPSA) is 69.0 Å². The number of thioether (sulfide) groups is 1. The number of carbonyl (C=O) groups excluding carboxylic acids is 1. The lowest BCUT2D eigenvalue weighted by Gasteiger charge is -2.14. The fourth-order valence-corrected chi connectivity index (χ4v) is 3.60. The summed E-state index contributed by atoms with van der Waals surface area (Å²) in [5.74, 6) is 1.80. The lowest BCUT2D eigenvalue weighted by Crippen LogP contribution is -2.28. The highest BCUT2D eigenvalue weighted by Crippen LogP contribution is 2.22. The Hall–Kier alpha value is -2.80. The summed E-state index contributed by atoms with van der Waals surface area (Å²) in [6, 6.07) is 15.9. The van der Waals surface area contributed by atoms with E-state index in [0.29, 0.717) is 17.6 Å². The molecule has 1 unspecified atom stereocenters. The molecule has 0 aliphatic rings. The van der Waals surface area contributed by atoms with Crippen LogP contribution in [-0.4, -0.2) is 26.4 Å². The number of benzene rings is 2. The van der Waals surface area contributed by atoms with E-state index in [9.17, 15) is 4.79 Å². The molecule has 2 aromatic carbocycles. The van der Waals surface area contributed by atoms with Crippen LogP contribution in [0.25, 0.3) is 0 Å². The Kier molecular flexibility index (Phi) is 6.93. The van der Waals surface area contributed by atoms with Gasteiger partial charge in [-0.3, -0.25) is 4.79 Å². The number of ether oxygens (including phenoxy) is 1. The van der Waals surface area contributed by atoms with Gasteiger partial charge in [-0.25, -0.2) is 0 Å². The van der Waals surface area contributed by atoms with Crippen molar-refractivity contribution in [3.05, 3.63) is 71.0 Å². The third-order valence-electron chi connectivity index (χ3n) is 4.85. The molecule has 0 fully saturated rings. The summed E-state index contributed by atoms with van der Waals surface area (Å²) in [7, 11) is 1.88. The molecule has 0 spiro atoms. The molecular weight excluding hydrogens is 384 g/mol. The van der Waals surface area contributed by atoms with Gasteiger partial charge in [0, 0.05) is 7.05 Å². The average Bonchev–Trinajstić information content (AvgIpc) is 3.07. The molecule has 1 amide bonds. The second kappa shape index (κ2) is 9.60. The Balaban J connectivity index is 1.53. The first-order valence-corrected chi connectivity index (χ1v) is 10.5. The van der Waals surface area contributed by atoms with Crippen LogP contribution in [0.5, 0.6) is 5.75 Å². The van der Waals surface area contributed by atoms with E-state index in [1.807, 2.05) is 67.9 Å². The number of nitrogens with one attached hydrogen (secondary N) is 1. The van der Waals surface area contributed by atoms with Gasteiger partial charge in [-0.1, -0.05) is 54.2 Å². The Bertz CT molecular complexity index is 972. The van der Waals surface area contributed by atoms with Crippen LogP contribution >= 0.6 is 11.8 Å². The number of aryl methyl sites for hydroxylation is 1. The number of aromatic nitrogens is 3. The summed E-state index contributed by atoms with van der Waals surface area (Å²) >= 11 is 1.36. The van der Waals surface area contributed by atoms with Crippen LogP contribution in [0.1, 0.15) is 35.5 Å². The van der Waals surface area contributed by atoms with E-state index < -0.39 is 0 Å². The van der Waals surface area contributed by atoms with Gasteiger partial charge in [0.05, 0.1) is 11.8 Å². The Morgan fingerprint density at radius 2 is 1.90 bits per heavy atom. The molecule has 1 atom stereocenters. The van der Waals surface area contributed by atoms with E-state index in [0.717, 1.165) is 16.9 Å². The van der Waals surface area contributed by atoms with Crippen molar-refractivity contribution in [2.45, 2.75) is 38.6 Å². The van der Waals surface area contributed by atoms with Gasteiger partial charge in [-0.05, 0) is 43.5 Å². The summed E-state index contributed by atoms with van der Waals surface area (Å²) < 4.78 is 7.78. The number of nitrogens with zero attached hydrogens (tertiary/aromatic N) is 3. The lowest BCUT2D eigenvalue weighted by molar-refractivity contribution is -0.119. The first-order chi connectivity index (χ1) is 14.0. The largest absolute Gasteiger partial charge is 0.485 e. The van der Waals surface area contributed by atoms with Gasteiger partial charge in [0.2, 0.25) is 5.91 Å². The molecule has 0 saturated heterocycles. The predicted octanol–water partition coefficient (Wildman–Crippen LogP) is 3.98. The fourth-order valence-electron chi connectivity index (χ4n) is 2.86. The van der Waals surface area contributed by atoms with Crippen molar-refractivity contribution in [2.24, 2.45) is 7.05 Å². The zero-order chi connectivity index (χ0) is 20.8. The second-order valence-electron chi connectivity index (χ2n) is 6.93. The molecule has 0 radical (unpaired) electrons. The minimum atomic E-state index is -0.0393. The minimum absolute atomic E-state index is 0.0367. The van der Waals surface area contributed by atoms with Gasteiger partial charge in [0.25, 0.3) is 0 Å². The summed E-state index contributed by atoms with van der Waals surface area (Å²) in [5.41, 5.74) is 3.39. The van der Waals surface area contributed by atoms with E-state index in [2.05, 4.69) is 28.5 Å². The first kappa shape index (κ1) is 20.9.